The summed E-state index contributed by atoms with van der Waals surface area (Å²) in [6.45, 7) is 5.12. The summed E-state index contributed by atoms with van der Waals surface area (Å²) in [4.78, 5) is 3.94. The van der Waals surface area contributed by atoms with Crippen LogP contribution in [0.25, 0.3) is 0 Å². The number of hydrogen-bond donors (Lipinski definition) is 1. The highest BCUT2D eigenvalue weighted by Gasteiger charge is 2.00. The molecule has 0 amide bonds. The standard InChI is InChI=1S/C11H20N2O/c1-3-4-5-6-7-8-13-9-11(14)12-10(13)2/h9,14H,3-8H2,1-2H3. The van der Waals surface area contributed by atoms with Crippen molar-refractivity contribution in [1.82, 2.24) is 9.55 Å². The number of nitrogens with zero attached hydrogens (tertiary/aromatic N) is 2. The molecular formula is C11H20N2O. The predicted molar refractivity (Wildman–Crippen MR) is 57.4 cm³/mol. The molecule has 0 saturated heterocycles. The van der Waals surface area contributed by atoms with Gasteiger partial charge in [0.05, 0.1) is 6.20 Å². The quantitative estimate of drug-likeness (QED) is 0.710. The van der Waals surface area contributed by atoms with Crippen LogP contribution in [-0.2, 0) is 6.54 Å². The van der Waals surface area contributed by atoms with E-state index in [1.54, 1.807) is 6.20 Å². The Balaban J connectivity index is 2.21. The van der Waals surface area contributed by atoms with Crippen molar-refractivity contribution in [2.45, 2.75) is 52.5 Å². The average molecular weight is 196 g/mol. The molecule has 14 heavy (non-hydrogen) atoms. The van der Waals surface area contributed by atoms with Gasteiger partial charge in [0, 0.05) is 6.54 Å². The van der Waals surface area contributed by atoms with Crippen molar-refractivity contribution in [3.8, 4) is 5.88 Å². The Bertz CT molecular complexity index is 268. The predicted octanol–water partition coefficient (Wildman–Crippen LogP) is 2.87. The molecule has 0 aromatic carbocycles. The van der Waals surface area contributed by atoms with Gasteiger partial charge in [-0.2, -0.15) is 4.98 Å². The van der Waals surface area contributed by atoms with Crippen LogP contribution in [-0.4, -0.2) is 14.7 Å². The lowest BCUT2D eigenvalue weighted by Gasteiger charge is -2.03. The van der Waals surface area contributed by atoms with E-state index in [9.17, 15) is 0 Å². The Hall–Kier alpha value is -0.990. The van der Waals surface area contributed by atoms with Crippen molar-refractivity contribution < 1.29 is 5.11 Å². The molecule has 1 rings (SSSR count). The number of aryl methyl sites for hydroxylation is 2. The molecule has 1 heterocycles. The molecule has 80 valence electrons. The zero-order chi connectivity index (χ0) is 10.4. The van der Waals surface area contributed by atoms with Gasteiger partial charge in [-0.1, -0.05) is 32.6 Å². The van der Waals surface area contributed by atoms with E-state index in [1.807, 2.05) is 11.5 Å². The number of hydrogen-bond acceptors (Lipinski definition) is 2. The monoisotopic (exact) mass is 196 g/mol. The van der Waals surface area contributed by atoms with Crippen LogP contribution >= 0.6 is 0 Å². The van der Waals surface area contributed by atoms with Crippen LogP contribution < -0.4 is 0 Å². The van der Waals surface area contributed by atoms with Gasteiger partial charge in [0.15, 0.2) is 0 Å². The summed E-state index contributed by atoms with van der Waals surface area (Å²) < 4.78 is 2.02. The number of imidazole rings is 1. The summed E-state index contributed by atoms with van der Waals surface area (Å²) in [5.74, 6) is 1.04. The van der Waals surface area contributed by atoms with E-state index < -0.39 is 0 Å². The van der Waals surface area contributed by atoms with Crippen LogP contribution in [0.5, 0.6) is 5.88 Å². The van der Waals surface area contributed by atoms with Crippen LogP contribution in [0.1, 0.15) is 44.9 Å². The van der Waals surface area contributed by atoms with Crippen LogP contribution in [0.15, 0.2) is 6.20 Å². The normalized spacial score (nSPS) is 10.7. The van der Waals surface area contributed by atoms with Gasteiger partial charge in [0.1, 0.15) is 5.82 Å². The zero-order valence-electron chi connectivity index (χ0n) is 9.16. The maximum Gasteiger partial charge on any atom is 0.229 e. The van der Waals surface area contributed by atoms with Crippen molar-refractivity contribution in [3.05, 3.63) is 12.0 Å². The molecule has 3 nitrogen and oxygen atoms in total. The van der Waals surface area contributed by atoms with Gasteiger partial charge in [0.25, 0.3) is 0 Å². The van der Waals surface area contributed by atoms with Crippen molar-refractivity contribution in [1.29, 1.82) is 0 Å². The lowest BCUT2D eigenvalue weighted by molar-refractivity contribution is 0.454. The van der Waals surface area contributed by atoms with Gasteiger partial charge >= 0.3 is 0 Å². The fraction of sp³-hybridized carbons (Fsp3) is 0.727. The van der Waals surface area contributed by atoms with E-state index in [2.05, 4.69) is 11.9 Å². The third kappa shape index (κ3) is 3.40. The number of aromatic hydroxyl groups is 1. The summed E-state index contributed by atoms with van der Waals surface area (Å²) in [6.07, 6.45) is 8.08. The topological polar surface area (TPSA) is 38.0 Å². The molecule has 1 aromatic heterocycles. The summed E-state index contributed by atoms with van der Waals surface area (Å²) in [6, 6.07) is 0. The van der Waals surface area contributed by atoms with Gasteiger partial charge < -0.3 is 9.67 Å². The summed E-state index contributed by atoms with van der Waals surface area (Å²) in [5.41, 5.74) is 0. The SMILES string of the molecule is CCCCCCCn1cc(O)nc1C. The Morgan fingerprint density at radius 3 is 2.57 bits per heavy atom. The maximum atomic E-state index is 9.14. The van der Waals surface area contributed by atoms with E-state index in [0.717, 1.165) is 12.4 Å². The summed E-state index contributed by atoms with van der Waals surface area (Å²) in [7, 11) is 0. The molecule has 0 fully saturated rings. The Labute approximate surface area is 85.8 Å². The molecule has 0 saturated carbocycles. The van der Waals surface area contributed by atoms with Crippen LogP contribution in [0.4, 0.5) is 0 Å². The van der Waals surface area contributed by atoms with Gasteiger partial charge in [0.2, 0.25) is 5.88 Å². The molecule has 1 aromatic rings. The number of unbranched alkanes of at least 4 members (excludes halogenated alkanes) is 4. The van der Waals surface area contributed by atoms with E-state index in [1.165, 1.54) is 32.1 Å². The fourth-order valence-corrected chi connectivity index (χ4v) is 1.60. The smallest absolute Gasteiger partial charge is 0.229 e. The minimum Gasteiger partial charge on any atom is -0.492 e. The van der Waals surface area contributed by atoms with Crippen molar-refractivity contribution >= 4 is 0 Å². The lowest BCUT2D eigenvalue weighted by atomic mass is 10.1. The highest BCUT2D eigenvalue weighted by Crippen LogP contribution is 2.10. The molecular weight excluding hydrogens is 176 g/mol. The third-order valence-electron chi connectivity index (χ3n) is 2.47. The van der Waals surface area contributed by atoms with Crippen LogP contribution in [0.2, 0.25) is 0 Å². The number of rotatable bonds is 6. The molecule has 0 atom stereocenters. The first-order valence-electron chi connectivity index (χ1n) is 5.46. The first kappa shape index (κ1) is 11.1. The average Bonchev–Trinajstić information content (AvgIpc) is 2.45. The van der Waals surface area contributed by atoms with E-state index in [0.29, 0.717) is 0 Å². The summed E-state index contributed by atoms with van der Waals surface area (Å²) >= 11 is 0. The molecule has 0 spiro atoms. The molecule has 3 heteroatoms. The van der Waals surface area contributed by atoms with Gasteiger partial charge in [-0.15, -0.1) is 0 Å². The Morgan fingerprint density at radius 1 is 1.29 bits per heavy atom. The molecule has 0 aliphatic carbocycles. The maximum absolute atomic E-state index is 9.14. The molecule has 1 N–H and O–H groups in total. The molecule has 0 radical (unpaired) electrons. The second kappa shape index (κ2) is 5.68. The van der Waals surface area contributed by atoms with Gasteiger partial charge in [-0.05, 0) is 13.3 Å². The zero-order valence-corrected chi connectivity index (χ0v) is 9.16. The van der Waals surface area contributed by atoms with Gasteiger partial charge in [-0.25, -0.2) is 0 Å². The molecule has 0 bridgehead atoms. The first-order chi connectivity index (χ1) is 6.74. The minimum atomic E-state index is 0.135. The van der Waals surface area contributed by atoms with Crippen molar-refractivity contribution in [2.75, 3.05) is 0 Å². The molecule has 0 unspecified atom stereocenters. The van der Waals surface area contributed by atoms with Crippen LogP contribution in [0.3, 0.4) is 0 Å². The largest absolute Gasteiger partial charge is 0.492 e. The lowest BCUT2D eigenvalue weighted by Crippen LogP contribution is -1.98. The first-order valence-corrected chi connectivity index (χ1v) is 5.46. The van der Waals surface area contributed by atoms with Crippen molar-refractivity contribution in [2.24, 2.45) is 0 Å². The Morgan fingerprint density at radius 2 is 2.00 bits per heavy atom. The van der Waals surface area contributed by atoms with Crippen molar-refractivity contribution in [3.63, 3.8) is 0 Å². The second-order valence-electron chi connectivity index (χ2n) is 3.75. The third-order valence-corrected chi connectivity index (χ3v) is 2.47. The molecule has 0 aliphatic heterocycles. The second-order valence-corrected chi connectivity index (χ2v) is 3.75. The van der Waals surface area contributed by atoms with E-state index in [4.69, 9.17) is 5.11 Å². The highest BCUT2D eigenvalue weighted by atomic mass is 16.3. The summed E-state index contributed by atoms with van der Waals surface area (Å²) in [5, 5.41) is 9.14. The Kier molecular flexibility index (Phi) is 4.50. The van der Waals surface area contributed by atoms with E-state index in [-0.39, 0.29) is 5.88 Å². The van der Waals surface area contributed by atoms with E-state index >= 15 is 0 Å². The fourth-order valence-electron chi connectivity index (χ4n) is 1.60. The number of aromatic nitrogens is 2. The highest BCUT2D eigenvalue weighted by molar-refractivity contribution is 5.06. The minimum absolute atomic E-state index is 0.135. The molecule has 0 aliphatic rings. The van der Waals surface area contributed by atoms with Gasteiger partial charge in [-0.3, -0.25) is 0 Å². The van der Waals surface area contributed by atoms with Crippen LogP contribution in [0, 0.1) is 6.92 Å².